The molecule has 0 spiro atoms. The third-order valence-corrected chi connectivity index (χ3v) is 4.19. The molecule has 0 radical (unpaired) electrons. The number of nitro groups is 1. The number of aromatic hydroxyl groups is 1. The highest BCUT2D eigenvalue weighted by atomic mass is 16.6. The first-order valence-corrected chi connectivity index (χ1v) is 9.08. The van der Waals surface area contributed by atoms with E-state index in [2.05, 4.69) is 20.3 Å². The number of nitro benzene ring substituents is 1. The van der Waals surface area contributed by atoms with E-state index in [0.29, 0.717) is 11.4 Å². The van der Waals surface area contributed by atoms with Gasteiger partial charge in [-0.15, -0.1) is 15.3 Å². The molecule has 0 amide bonds. The zero-order chi connectivity index (χ0) is 22.0. The van der Waals surface area contributed by atoms with Crippen molar-refractivity contribution in [2.45, 2.75) is 6.92 Å². The quantitative estimate of drug-likeness (QED) is 0.216. The molecule has 12 heteroatoms. The van der Waals surface area contributed by atoms with Gasteiger partial charge in [0.2, 0.25) is 17.4 Å². The van der Waals surface area contributed by atoms with Gasteiger partial charge in [0.25, 0.3) is 11.6 Å². The molecule has 0 unspecified atom stereocenters. The standard InChI is InChI=1S/C19H15N7O5/c1-2-31-18(28)16-23-25(13-8-10-14(11-9-13)26(29)30)19-20-17(27)15(24(16)19)22-21-12-6-4-3-5-7-12/h3-11,27H,2H2,1H3. The third-order valence-electron chi connectivity index (χ3n) is 4.19. The molecule has 0 atom stereocenters. The Kier molecular flexibility index (Phi) is 5.10. The number of imidazole rings is 1. The van der Waals surface area contributed by atoms with Crippen LogP contribution >= 0.6 is 0 Å². The van der Waals surface area contributed by atoms with Crippen LogP contribution < -0.4 is 0 Å². The number of azo groups is 1. The van der Waals surface area contributed by atoms with Crippen LogP contribution in [0.2, 0.25) is 0 Å². The summed E-state index contributed by atoms with van der Waals surface area (Å²) in [5.41, 5.74) is 0.793. The van der Waals surface area contributed by atoms with E-state index in [9.17, 15) is 20.0 Å². The van der Waals surface area contributed by atoms with E-state index in [-0.39, 0.29) is 29.7 Å². The minimum absolute atomic E-state index is 0.0522. The first kappa shape index (κ1) is 19.7. The Morgan fingerprint density at radius 2 is 1.87 bits per heavy atom. The number of benzene rings is 2. The van der Waals surface area contributed by atoms with Gasteiger partial charge in [-0.25, -0.2) is 9.20 Å². The van der Waals surface area contributed by atoms with Gasteiger partial charge in [0.15, 0.2) is 0 Å². The molecule has 2 heterocycles. The highest BCUT2D eigenvalue weighted by Gasteiger charge is 2.26. The summed E-state index contributed by atoms with van der Waals surface area (Å²) in [6, 6.07) is 14.3. The summed E-state index contributed by atoms with van der Waals surface area (Å²) in [5.74, 6) is -1.49. The maximum Gasteiger partial charge on any atom is 0.376 e. The molecular formula is C19H15N7O5. The number of hydrogen-bond donors (Lipinski definition) is 1. The molecule has 0 bridgehead atoms. The van der Waals surface area contributed by atoms with Crippen LogP contribution in [0, 0.1) is 10.1 Å². The number of hydrogen-bond acceptors (Lipinski definition) is 9. The van der Waals surface area contributed by atoms with Crippen molar-refractivity contribution in [3.8, 4) is 11.6 Å². The topological polar surface area (TPSA) is 150 Å². The predicted octanol–water partition coefficient (Wildman–Crippen LogP) is 3.73. The lowest BCUT2D eigenvalue weighted by atomic mass is 10.3. The highest BCUT2D eigenvalue weighted by molar-refractivity contribution is 5.87. The summed E-state index contributed by atoms with van der Waals surface area (Å²) in [4.78, 5) is 26.9. The number of nitrogens with zero attached hydrogens (tertiary/aromatic N) is 7. The molecule has 31 heavy (non-hydrogen) atoms. The molecule has 2 aromatic carbocycles. The molecular weight excluding hydrogens is 406 g/mol. The average Bonchev–Trinajstić information content (AvgIpc) is 3.29. The summed E-state index contributed by atoms with van der Waals surface area (Å²) in [6.07, 6.45) is 0. The van der Waals surface area contributed by atoms with Gasteiger partial charge < -0.3 is 9.84 Å². The summed E-state index contributed by atoms with van der Waals surface area (Å²) in [6.45, 7) is 1.75. The Bertz CT molecular complexity index is 1290. The number of aromatic nitrogens is 4. The number of carbonyl (C=O) groups is 1. The van der Waals surface area contributed by atoms with Gasteiger partial charge in [-0.05, 0) is 31.2 Å². The van der Waals surface area contributed by atoms with Crippen molar-refractivity contribution in [3.63, 3.8) is 0 Å². The SMILES string of the molecule is CCOC(=O)c1nn(-c2ccc([N+](=O)[O-])cc2)c2nc(O)c(N=Nc3ccccc3)n12. The van der Waals surface area contributed by atoms with Crippen molar-refractivity contribution in [1.82, 2.24) is 19.2 Å². The first-order chi connectivity index (χ1) is 15.0. The van der Waals surface area contributed by atoms with E-state index >= 15 is 0 Å². The zero-order valence-corrected chi connectivity index (χ0v) is 16.1. The predicted molar refractivity (Wildman–Crippen MR) is 107 cm³/mol. The third kappa shape index (κ3) is 3.69. The lowest BCUT2D eigenvalue weighted by Crippen LogP contribution is -2.09. The van der Waals surface area contributed by atoms with E-state index in [1.54, 1.807) is 31.2 Å². The smallest absolute Gasteiger partial charge is 0.376 e. The summed E-state index contributed by atoms with van der Waals surface area (Å²) in [5, 5.41) is 33.6. The second kappa shape index (κ2) is 8.02. The van der Waals surface area contributed by atoms with Crippen LogP contribution in [0.4, 0.5) is 17.2 Å². The van der Waals surface area contributed by atoms with Crippen molar-refractivity contribution in [2.75, 3.05) is 6.61 Å². The first-order valence-electron chi connectivity index (χ1n) is 9.08. The van der Waals surface area contributed by atoms with Crippen molar-refractivity contribution in [3.05, 3.63) is 70.5 Å². The summed E-state index contributed by atoms with van der Waals surface area (Å²) >= 11 is 0. The van der Waals surface area contributed by atoms with Crippen LogP contribution in [0.3, 0.4) is 0 Å². The molecule has 12 nitrogen and oxygen atoms in total. The zero-order valence-electron chi connectivity index (χ0n) is 16.1. The Morgan fingerprint density at radius 1 is 1.16 bits per heavy atom. The van der Waals surface area contributed by atoms with Gasteiger partial charge >= 0.3 is 5.97 Å². The number of esters is 1. The average molecular weight is 421 g/mol. The lowest BCUT2D eigenvalue weighted by Gasteiger charge is -2.00. The summed E-state index contributed by atoms with van der Waals surface area (Å²) < 4.78 is 7.51. The van der Waals surface area contributed by atoms with Crippen LogP contribution in [-0.2, 0) is 4.74 Å². The van der Waals surface area contributed by atoms with E-state index in [0.717, 1.165) is 0 Å². The van der Waals surface area contributed by atoms with Gasteiger partial charge in [0, 0.05) is 12.1 Å². The second-order valence-electron chi connectivity index (χ2n) is 6.16. The van der Waals surface area contributed by atoms with Crippen LogP contribution in [0.1, 0.15) is 17.5 Å². The maximum absolute atomic E-state index is 12.5. The van der Waals surface area contributed by atoms with E-state index in [4.69, 9.17) is 4.74 Å². The van der Waals surface area contributed by atoms with Crippen LogP contribution in [0.15, 0.2) is 64.8 Å². The normalized spacial score (nSPS) is 11.3. The number of carbonyl (C=O) groups excluding carboxylic acids is 1. The van der Waals surface area contributed by atoms with E-state index < -0.39 is 16.8 Å². The molecule has 4 rings (SSSR count). The van der Waals surface area contributed by atoms with Gasteiger partial charge in [-0.3, -0.25) is 10.1 Å². The molecule has 0 aliphatic carbocycles. The van der Waals surface area contributed by atoms with Crippen LogP contribution in [0.25, 0.3) is 11.5 Å². The number of non-ortho nitro benzene ring substituents is 1. The Labute approximate surface area is 174 Å². The number of fused-ring (bicyclic) bond motifs is 1. The highest BCUT2D eigenvalue weighted by Crippen LogP contribution is 2.31. The van der Waals surface area contributed by atoms with Crippen molar-refractivity contribution < 1.29 is 19.6 Å². The van der Waals surface area contributed by atoms with Gasteiger partial charge in [-0.2, -0.15) is 9.67 Å². The summed E-state index contributed by atoms with van der Waals surface area (Å²) in [7, 11) is 0. The number of ether oxygens (including phenoxy) is 1. The maximum atomic E-state index is 12.5. The van der Waals surface area contributed by atoms with E-state index in [1.165, 1.54) is 33.3 Å². The Hall–Kier alpha value is -4.61. The molecule has 0 fully saturated rings. The monoisotopic (exact) mass is 421 g/mol. The second-order valence-corrected chi connectivity index (χ2v) is 6.16. The van der Waals surface area contributed by atoms with Gasteiger partial charge in [-0.1, -0.05) is 18.2 Å². The fourth-order valence-electron chi connectivity index (χ4n) is 2.82. The fourth-order valence-corrected chi connectivity index (χ4v) is 2.82. The Morgan fingerprint density at radius 3 is 2.52 bits per heavy atom. The lowest BCUT2D eigenvalue weighted by molar-refractivity contribution is -0.384. The fraction of sp³-hybridized carbons (Fsp3) is 0.105. The molecule has 0 saturated heterocycles. The van der Waals surface area contributed by atoms with Crippen LogP contribution in [-0.4, -0.2) is 41.8 Å². The Balaban J connectivity index is 1.88. The van der Waals surface area contributed by atoms with Crippen molar-refractivity contribution in [1.29, 1.82) is 0 Å². The minimum atomic E-state index is -0.762. The van der Waals surface area contributed by atoms with Crippen molar-refractivity contribution >= 4 is 28.9 Å². The molecule has 0 aliphatic rings. The van der Waals surface area contributed by atoms with Gasteiger partial charge in [0.05, 0.1) is 22.9 Å². The van der Waals surface area contributed by atoms with E-state index in [1.807, 2.05) is 6.07 Å². The molecule has 2 aromatic heterocycles. The van der Waals surface area contributed by atoms with Gasteiger partial charge in [0.1, 0.15) is 0 Å². The number of rotatable bonds is 6. The van der Waals surface area contributed by atoms with Crippen molar-refractivity contribution in [2.24, 2.45) is 10.2 Å². The molecule has 4 aromatic rings. The molecule has 1 N–H and O–H groups in total. The van der Waals surface area contributed by atoms with Crippen LogP contribution in [0.5, 0.6) is 5.88 Å². The minimum Gasteiger partial charge on any atom is -0.491 e. The largest absolute Gasteiger partial charge is 0.491 e. The molecule has 156 valence electrons. The molecule has 0 aliphatic heterocycles. The molecule has 0 saturated carbocycles.